The highest BCUT2D eigenvalue weighted by Gasteiger charge is 2.44. The minimum atomic E-state index is -0.952. The summed E-state index contributed by atoms with van der Waals surface area (Å²) in [6.45, 7) is 0. The van der Waals surface area contributed by atoms with E-state index >= 15 is 0 Å². The van der Waals surface area contributed by atoms with Crippen molar-refractivity contribution in [2.45, 2.75) is 37.6 Å². The van der Waals surface area contributed by atoms with Gasteiger partial charge in [0, 0.05) is 27.8 Å². The highest BCUT2D eigenvalue weighted by molar-refractivity contribution is 6.34. The predicted molar refractivity (Wildman–Crippen MR) is 72.7 cm³/mol. The molecule has 0 unspecified atom stereocenters. The Balaban J connectivity index is 2.25. The summed E-state index contributed by atoms with van der Waals surface area (Å²) < 4.78 is 0. The Labute approximate surface area is 116 Å². The lowest BCUT2D eigenvalue weighted by molar-refractivity contribution is -0.563. The van der Waals surface area contributed by atoms with E-state index in [4.69, 9.17) is 23.2 Å². The molecule has 1 radical (unpaired) electrons. The van der Waals surface area contributed by atoms with Gasteiger partial charge in [-0.2, -0.15) is 0 Å². The third kappa shape index (κ3) is 2.96. The quantitative estimate of drug-likeness (QED) is 0.605. The van der Waals surface area contributed by atoms with E-state index in [0.717, 1.165) is 24.8 Å². The van der Waals surface area contributed by atoms with Crippen molar-refractivity contribution in [3.8, 4) is 0 Å². The fraction of sp³-hybridized carbons (Fsp3) is 0.462. The van der Waals surface area contributed by atoms with Crippen LogP contribution in [0.25, 0.3) is 0 Å². The van der Waals surface area contributed by atoms with E-state index in [0.29, 0.717) is 22.9 Å². The van der Waals surface area contributed by atoms with Crippen LogP contribution < -0.4 is 0 Å². The van der Waals surface area contributed by atoms with Crippen LogP contribution in [0, 0.1) is 16.5 Å². The molecule has 18 heavy (non-hydrogen) atoms. The third-order valence-electron chi connectivity index (χ3n) is 3.40. The molecule has 0 aromatic heterocycles. The van der Waals surface area contributed by atoms with Crippen molar-refractivity contribution in [1.29, 1.82) is 0 Å². The van der Waals surface area contributed by atoms with E-state index < -0.39 is 5.54 Å². The topological polar surface area (TPSA) is 43.1 Å². The normalized spacial score (nSPS) is 18.6. The summed E-state index contributed by atoms with van der Waals surface area (Å²) in [5.74, 6) is 0. The molecular weight excluding hydrogens is 273 g/mol. The summed E-state index contributed by atoms with van der Waals surface area (Å²) in [5, 5.41) is 12.4. The number of nitro groups is 1. The van der Waals surface area contributed by atoms with Crippen LogP contribution in [0.15, 0.2) is 18.2 Å². The minimum absolute atomic E-state index is 0.166. The first-order valence-electron chi connectivity index (χ1n) is 5.98. The maximum Gasteiger partial charge on any atom is 0.229 e. The molecule has 1 aliphatic carbocycles. The molecule has 97 valence electrons. The van der Waals surface area contributed by atoms with E-state index in [-0.39, 0.29) is 4.92 Å². The number of rotatable bonds is 3. The van der Waals surface area contributed by atoms with E-state index in [1.54, 1.807) is 24.6 Å². The Morgan fingerprint density at radius 1 is 1.11 bits per heavy atom. The summed E-state index contributed by atoms with van der Waals surface area (Å²) in [6.07, 6.45) is 5.75. The molecule has 1 saturated carbocycles. The lowest BCUT2D eigenvalue weighted by atomic mass is 9.78. The molecule has 1 aliphatic rings. The zero-order valence-electron chi connectivity index (χ0n) is 9.86. The van der Waals surface area contributed by atoms with Crippen LogP contribution in [0.2, 0.25) is 10.0 Å². The van der Waals surface area contributed by atoms with Crippen molar-refractivity contribution < 1.29 is 4.92 Å². The van der Waals surface area contributed by atoms with Gasteiger partial charge in [-0.3, -0.25) is 10.1 Å². The van der Waals surface area contributed by atoms with Crippen LogP contribution in [0.5, 0.6) is 0 Å². The average molecular weight is 287 g/mol. The highest BCUT2D eigenvalue weighted by Crippen LogP contribution is 2.36. The van der Waals surface area contributed by atoms with E-state index in [1.807, 2.05) is 0 Å². The molecule has 0 aliphatic heterocycles. The van der Waals surface area contributed by atoms with Gasteiger partial charge in [0.05, 0.1) is 6.42 Å². The van der Waals surface area contributed by atoms with Gasteiger partial charge in [-0.1, -0.05) is 29.6 Å². The molecule has 0 saturated heterocycles. The lowest BCUT2D eigenvalue weighted by Crippen LogP contribution is -2.41. The maximum atomic E-state index is 11.4. The van der Waals surface area contributed by atoms with Gasteiger partial charge in [0.25, 0.3) is 0 Å². The van der Waals surface area contributed by atoms with Crippen LogP contribution >= 0.6 is 23.2 Å². The Hall–Kier alpha value is -0.800. The second kappa shape index (κ2) is 5.45. The highest BCUT2D eigenvalue weighted by atomic mass is 35.5. The SMILES string of the molecule is O=[N+]([O-])C1([CH]c2cc(Cl)cc(Cl)c2)CCCCC1. The predicted octanol–water partition coefficient (Wildman–Crippen LogP) is 4.53. The van der Waals surface area contributed by atoms with Gasteiger partial charge in [0.15, 0.2) is 0 Å². The van der Waals surface area contributed by atoms with Crippen LogP contribution in [0.3, 0.4) is 0 Å². The van der Waals surface area contributed by atoms with E-state index in [9.17, 15) is 10.1 Å². The molecule has 0 bridgehead atoms. The van der Waals surface area contributed by atoms with Gasteiger partial charge >= 0.3 is 0 Å². The zero-order chi connectivity index (χ0) is 13.2. The molecule has 0 atom stereocenters. The van der Waals surface area contributed by atoms with Crippen molar-refractivity contribution in [2.24, 2.45) is 0 Å². The molecular formula is C13H14Cl2NO2. The molecule has 0 amide bonds. The number of nitrogens with zero attached hydrogens (tertiary/aromatic N) is 1. The standard InChI is InChI=1S/C13H14Cl2NO2/c14-11-6-10(7-12(15)8-11)9-13(16(17)18)4-2-1-3-5-13/h6-9H,1-5H2. The van der Waals surface area contributed by atoms with Gasteiger partial charge < -0.3 is 0 Å². The van der Waals surface area contributed by atoms with Crippen molar-refractivity contribution in [3.05, 3.63) is 50.3 Å². The van der Waals surface area contributed by atoms with Crippen LogP contribution in [0.4, 0.5) is 0 Å². The largest absolute Gasteiger partial charge is 0.264 e. The van der Waals surface area contributed by atoms with Gasteiger partial charge in [0.2, 0.25) is 5.54 Å². The van der Waals surface area contributed by atoms with Crippen molar-refractivity contribution in [3.63, 3.8) is 0 Å². The summed E-state index contributed by atoms with van der Waals surface area (Å²) in [7, 11) is 0. The van der Waals surface area contributed by atoms with E-state index in [1.165, 1.54) is 0 Å². The second-order valence-electron chi connectivity index (χ2n) is 4.77. The monoisotopic (exact) mass is 286 g/mol. The molecule has 0 spiro atoms. The van der Waals surface area contributed by atoms with Crippen LogP contribution in [-0.2, 0) is 0 Å². The molecule has 2 rings (SSSR count). The number of halogens is 2. The first kappa shape index (κ1) is 13.6. The number of hydrogen-bond donors (Lipinski definition) is 0. The first-order valence-corrected chi connectivity index (χ1v) is 6.74. The van der Waals surface area contributed by atoms with Gasteiger partial charge in [-0.25, -0.2) is 0 Å². The fourth-order valence-corrected chi connectivity index (χ4v) is 3.06. The molecule has 0 heterocycles. The number of hydrogen-bond acceptors (Lipinski definition) is 2. The molecule has 0 N–H and O–H groups in total. The van der Waals surface area contributed by atoms with Gasteiger partial charge in [-0.05, 0) is 36.6 Å². The fourth-order valence-electron chi connectivity index (χ4n) is 2.51. The maximum absolute atomic E-state index is 11.4. The van der Waals surface area contributed by atoms with Gasteiger partial charge in [0.1, 0.15) is 0 Å². The summed E-state index contributed by atoms with van der Waals surface area (Å²) in [5.41, 5.74) is -0.224. The average Bonchev–Trinajstić information content (AvgIpc) is 2.28. The Bertz CT molecular complexity index is 436. The first-order chi connectivity index (χ1) is 8.52. The Morgan fingerprint density at radius 3 is 2.17 bits per heavy atom. The Morgan fingerprint density at radius 2 is 1.67 bits per heavy atom. The number of benzene rings is 1. The third-order valence-corrected chi connectivity index (χ3v) is 3.84. The molecule has 1 aromatic rings. The lowest BCUT2D eigenvalue weighted by Gasteiger charge is -2.28. The minimum Gasteiger partial charge on any atom is -0.264 e. The molecule has 3 nitrogen and oxygen atoms in total. The molecule has 1 fully saturated rings. The summed E-state index contributed by atoms with van der Waals surface area (Å²) in [6, 6.07) is 5.06. The van der Waals surface area contributed by atoms with E-state index in [2.05, 4.69) is 0 Å². The summed E-state index contributed by atoms with van der Waals surface area (Å²) >= 11 is 11.8. The molecule has 5 heteroatoms. The van der Waals surface area contributed by atoms with Crippen molar-refractivity contribution >= 4 is 23.2 Å². The van der Waals surface area contributed by atoms with Crippen LogP contribution in [-0.4, -0.2) is 10.5 Å². The molecule has 1 aromatic carbocycles. The Kier molecular flexibility index (Phi) is 4.13. The van der Waals surface area contributed by atoms with Crippen molar-refractivity contribution in [2.75, 3.05) is 0 Å². The van der Waals surface area contributed by atoms with Crippen molar-refractivity contribution in [1.82, 2.24) is 0 Å². The smallest absolute Gasteiger partial charge is 0.229 e. The second-order valence-corrected chi connectivity index (χ2v) is 5.64. The zero-order valence-corrected chi connectivity index (χ0v) is 11.4. The van der Waals surface area contributed by atoms with Crippen LogP contribution in [0.1, 0.15) is 37.7 Å². The summed E-state index contributed by atoms with van der Waals surface area (Å²) in [4.78, 5) is 11.2. The van der Waals surface area contributed by atoms with Gasteiger partial charge in [-0.15, -0.1) is 0 Å².